The summed E-state index contributed by atoms with van der Waals surface area (Å²) in [7, 11) is 4.81. The fourth-order valence-corrected chi connectivity index (χ4v) is 5.74. The number of ether oxygens (including phenoxy) is 4. The lowest BCUT2D eigenvalue weighted by Crippen LogP contribution is -2.45. The molecule has 1 N–H and O–H groups in total. The molecule has 1 aromatic heterocycles. The third kappa shape index (κ3) is 5.43. The molecule has 8 nitrogen and oxygen atoms in total. The zero-order chi connectivity index (χ0) is 27.2. The predicted molar refractivity (Wildman–Crippen MR) is 147 cm³/mol. The molecule has 2 atom stereocenters. The van der Waals surface area contributed by atoms with Gasteiger partial charge >= 0.3 is 0 Å². The lowest BCUT2D eigenvalue weighted by molar-refractivity contribution is -0.124. The van der Waals surface area contributed by atoms with Crippen molar-refractivity contribution < 1.29 is 28.5 Å². The Morgan fingerprint density at radius 1 is 0.974 bits per heavy atom. The third-order valence-electron chi connectivity index (χ3n) is 6.61. The number of nitrogens with one attached hydrogen (secondary N) is 1. The number of fused-ring (bicyclic) bond motifs is 1. The van der Waals surface area contributed by atoms with Crippen LogP contribution in [0.1, 0.15) is 52.2 Å². The number of thiophene rings is 1. The van der Waals surface area contributed by atoms with Crippen molar-refractivity contribution in [2.24, 2.45) is 0 Å². The third-order valence-corrected chi connectivity index (χ3v) is 7.56. The molecule has 3 aromatic rings. The number of rotatable bonds is 11. The Morgan fingerprint density at radius 3 is 2.34 bits per heavy atom. The number of amides is 2. The quantitative estimate of drug-likeness (QED) is 0.376. The van der Waals surface area contributed by atoms with Crippen LogP contribution in [0.3, 0.4) is 0 Å². The van der Waals surface area contributed by atoms with Gasteiger partial charge in [-0.3, -0.25) is 9.59 Å². The van der Waals surface area contributed by atoms with E-state index >= 15 is 0 Å². The highest BCUT2D eigenvalue weighted by Crippen LogP contribution is 2.46. The zero-order valence-corrected chi connectivity index (χ0v) is 23.2. The molecule has 9 heteroatoms. The van der Waals surface area contributed by atoms with Crippen molar-refractivity contribution in [3.63, 3.8) is 0 Å². The van der Waals surface area contributed by atoms with Gasteiger partial charge in [-0.1, -0.05) is 12.1 Å². The van der Waals surface area contributed by atoms with Crippen LogP contribution >= 0.6 is 11.3 Å². The molecule has 0 unspecified atom stereocenters. The lowest BCUT2D eigenvalue weighted by Gasteiger charge is -2.39. The summed E-state index contributed by atoms with van der Waals surface area (Å²) in [5, 5.41) is 5.06. The molecular formula is C29H34N2O6S. The molecule has 0 radical (unpaired) electrons. The molecule has 2 aromatic carbocycles. The van der Waals surface area contributed by atoms with Crippen molar-refractivity contribution in [2.45, 2.75) is 32.2 Å². The summed E-state index contributed by atoms with van der Waals surface area (Å²) in [6, 6.07) is 12.7. The van der Waals surface area contributed by atoms with Gasteiger partial charge in [0, 0.05) is 24.0 Å². The molecule has 38 heavy (non-hydrogen) atoms. The van der Waals surface area contributed by atoms with Crippen molar-refractivity contribution >= 4 is 23.2 Å². The number of hydrogen-bond donors (Lipinski definition) is 1. The first kappa shape index (κ1) is 27.3. The average molecular weight is 539 g/mol. The fourth-order valence-electron chi connectivity index (χ4n) is 4.84. The smallest absolute Gasteiger partial charge is 0.254 e. The van der Waals surface area contributed by atoms with E-state index in [9.17, 15) is 9.59 Å². The minimum absolute atomic E-state index is 0.160. The van der Waals surface area contributed by atoms with Gasteiger partial charge in [0.05, 0.1) is 39.4 Å². The second-order valence-corrected chi connectivity index (χ2v) is 9.82. The Balaban J connectivity index is 1.61. The number of nitrogens with zero attached hydrogens (tertiary/aromatic N) is 1. The molecule has 2 amide bonds. The molecule has 0 saturated carbocycles. The lowest BCUT2D eigenvalue weighted by atomic mass is 9.81. The van der Waals surface area contributed by atoms with Crippen molar-refractivity contribution in [1.82, 2.24) is 10.2 Å². The van der Waals surface area contributed by atoms with E-state index in [1.165, 1.54) is 18.4 Å². The van der Waals surface area contributed by atoms with Gasteiger partial charge in [-0.05, 0) is 67.1 Å². The number of benzene rings is 2. The van der Waals surface area contributed by atoms with Crippen LogP contribution in [0.2, 0.25) is 0 Å². The summed E-state index contributed by atoms with van der Waals surface area (Å²) in [4.78, 5) is 29.8. The Kier molecular flexibility index (Phi) is 8.78. The Bertz CT molecular complexity index is 1280. The largest absolute Gasteiger partial charge is 0.493 e. The van der Waals surface area contributed by atoms with Crippen LogP contribution in [0.25, 0.3) is 0 Å². The van der Waals surface area contributed by atoms with Gasteiger partial charge in [0.1, 0.15) is 0 Å². The van der Waals surface area contributed by atoms with Crippen molar-refractivity contribution in [3.05, 3.63) is 69.4 Å². The van der Waals surface area contributed by atoms with Gasteiger partial charge in [-0.2, -0.15) is 0 Å². The summed E-state index contributed by atoms with van der Waals surface area (Å²) in [5.41, 5.74) is 2.09. The average Bonchev–Trinajstić information content (AvgIpc) is 3.46. The van der Waals surface area contributed by atoms with Crippen LogP contribution in [0, 0.1) is 0 Å². The van der Waals surface area contributed by atoms with Crippen LogP contribution in [0.4, 0.5) is 0 Å². The second kappa shape index (κ2) is 12.2. The fraction of sp³-hybridized carbons (Fsp3) is 0.379. The molecule has 1 aliphatic heterocycles. The van der Waals surface area contributed by atoms with Crippen LogP contribution in [-0.4, -0.2) is 57.7 Å². The minimum atomic E-state index is -0.620. The molecule has 0 spiro atoms. The van der Waals surface area contributed by atoms with Gasteiger partial charge in [0.15, 0.2) is 23.0 Å². The van der Waals surface area contributed by atoms with Crippen LogP contribution in [-0.2, 0) is 11.2 Å². The number of likely N-dealkylation sites (N-methyl/N-ethyl adjacent to an activating group) is 1. The first-order chi connectivity index (χ1) is 18.4. The van der Waals surface area contributed by atoms with E-state index in [-0.39, 0.29) is 11.8 Å². The van der Waals surface area contributed by atoms with Gasteiger partial charge in [0.2, 0.25) is 5.91 Å². The topological polar surface area (TPSA) is 86.3 Å². The normalized spacial score (nSPS) is 16.6. The minimum Gasteiger partial charge on any atom is -0.493 e. The molecule has 0 fully saturated rings. The molecule has 4 rings (SSSR count). The highest BCUT2D eigenvalue weighted by atomic mass is 32.1. The van der Waals surface area contributed by atoms with Gasteiger partial charge in [0.25, 0.3) is 5.91 Å². The summed E-state index contributed by atoms with van der Waals surface area (Å²) in [5.74, 6) is 1.38. The highest BCUT2D eigenvalue weighted by molar-refractivity contribution is 7.10. The summed E-state index contributed by atoms with van der Waals surface area (Å²) in [6.45, 7) is 5.37. The Hall–Kier alpha value is -3.72. The van der Waals surface area contributed by atoms with Crippen LogP contribution in [0.5, 0.6) is 23.0 Å². The Morgan fingerprint density at radius 2 is 1.68 bits per heavy atom. The molecule has 2 heterocycles. The van der Waals surface area contributed by atoms with E-state index in [4.69, 9.17) is 18.9 Å². The standard InChI is InChI=1S/C29H34N2O6S/c1-6-36-21-11-10-18(15-24(21)37-7-2)12-13-30-28(32)26-19-16-22(34-4)23(35-5)17-20(19)29(33)31(3)27(26)25-9-8-14-38-25/h8-11,14-17,26-27H,6-7,12-13H2,1-5H3,(H,30,32)/t26-,27+/m0/s1. The first-order valence-corrected chi connectivity index (χ1v) is 13.5. The van der Waals surface area contributed by atoms with E-state index in [1.54, 1.807) is 31.2 Å². The highest BCUT2D eigenvalue weighted by Gasteiger charge is 2.44. The Labute approximate surface area is 227 Å². The van der Waals surface area contributed by atoms with Crippen molar-refractivity contribution in [3.8, 4) is 23.0 Å². The maximum Gasteiger partial charge on any atom is 0.254 e. The van der Waals surface area contributed by atoms with Gasteiger partial charge < -0.3 is 29.2 Å². The number of carbonyl (C=O) groups excluding carboxylic acids is 2. The maximum absolute atomic E-state index is 13.8. The molecular weight excluding hydrogens is 504 g/mol. The molecule has 0 saturated heterocycles. The van der Waals surface area contributed by atoms with Gasteiger partial charge in [-0.25, -0.2) is 0 Å². The van der Waals surface area contributed by atoms with E-state index in [0.29, 0.717) is 60.3 Å². The summed E-state index contributed by atoms with van der Waals surface area (Å²) >= 11 is 1.53. The van der Waals surface area contributed by atoms with Crippen LogP contribution in [0.15, 0.2) is 47.8 Å². The number of carbonyl (C=O) groups is 2. The summed E-state index contributed by atoms with van der Waals surface area (Å²) in [6.07, 6.45) is 0.613. The van der Waals surface area contributed by atoms with E-state index in [1.807, 2.05) is 49.6 Å². The summed E-state index contributed by atoms with van der Waals surface area (Å²) < 4.78 is 22.3. The predicted octanol–water partition coefficient (Wildman–Crippen LogP) is 4.83. The monoisotopic (exact) mass is 538 g/mol. The maximum atomic E-state index is 13.8. The van der Waals surface area contributed by atoms with Gasteiger partial charge in [-0.15, -0.1) is 11.3 Å². The van der Waals surface area contributed by atoms with E-state index < -0.39 is 12.0 Å². The van der Waals surface area contributed by atoms with E-state index in [2.05, 4.69) is 5.32 Å². The van der Waals surface area contributed by atoms with E-state index in [0.717, 1.165) is 10.4 Å². The van der Waals surface area contributed by atoms with Crippen molar-refractivity contribution in [1.29, 1.82) is 0 Å². The molecule has 0 aliphatic carbocycles. The molecule has 0 bridgehead atoms. The van der Waals surface area contributed by atoms with Crippen LogP contribution < -0.4 is 24.3 Å². The van der Waals surface area contributed by atoms with Crippen molar-refractivity contribution in [2.75, 3.05) is 41.0 Å². The second-order valence-electron chi connectivity index (χ2n) is 8.84. The molecule has 202 valence electrons. The molecule has 1 aliphatic rings. The number of methoxy groups -OCH3 is 2. The number of hydrogen-bond acceptors (Lipinski definition) is 7. The SMILES string of the molecule is CCOc1ccc(CCNC(=O)[C@H]2c3cc(OC)c(OC)cc3C(=O)N(C)[C@@H]2c2cccs2)cc1OCC. The zero-order valence-electron chi connectivity index (χ0n) is 22.4. The first-order valence-electron chi connectivity index (χ1n) is 12.7.